The van der Waals surface area contributed by atoms with Crippen LogP contribution >= 0.6 is 0 Å². The van der Waals surface area contributed by atoms with Crippen LogP contribution in [-0.4, -0.2) is 42.3 Å². The van der Waals surface area contributed by atoms with E-state index in [9.17, 15) is 0 Å². The highest BCUT2D eigenvalue weighted by Gasteiger charge is 2.54. The summed E-state index contributed by atoms with van der Waals surface area (Å²) < 4.78 is 5.84. The average Bonchev–Trinajstić information content (AvgIpc) is 2.87. The molecule has 0 spiro atoms. The molecule has 3 rings (SSSR count). The van der Waals surface area contributed by atoms with E-state index in [-0.39, 0.29) is 5.60 Å². The van der Waals surface area contributed by atoms with E-state index in [1.54, 1.807) is 0 Å². The Morgan fingerprint density at radius 1 is 1.35 bits per heavy atom. The summed E-state index contributed by atoms with van der Waals surface area (Å²) in [6.45, 7) is 8.24. The van der Waals surface area contributed by atoms with E-state index in [0.717, 1.165) is 38.1 Å². The van der Waals surface area contributed by atoms with Crippen LogP contribution in [0.5, 0.6) is 0 Å². The number of nitrogens with zero attached hydrogens (tertiary/aromatic N) is 1. The SMILES string of the molecule is CC1(C)CN(C2(CN)CC3CCC2C3)CCO1. The van der Waals surface area contributed by atoms with Gasteiger partial charge in [-0.3, -0.25) is 4.90 Å². The molecule has 0 amide bonds. The molecule has 3 fully saturated rings. The Labute approximate surface area is 105 Å². The van der Waals surface area contributed by atoms with Gasteiger partial charge in [0.05, 0.1) is 12.2 Å². The summed E-state index contributed by atoms with van der Waals surface area (Å²) in [5.74, 6) is 1.81. The second-order valence-electron chi connectivity index (χ2n) is 6.92. The molecule has 3 atom stereocenters. The van der Waals surface area contributed by atoms with Crippen molar-refractivity contribution in [1.29, 1.82) is 0 Å². The van der Waals surface area contributed by atoms with Gasteiger partial charge in [-0.1, -0.05) is 6.42 Å². The van der Waals surface area contributed by atoms with Crippen LogP contribution in [0, 0.1) is 11.8 Å². The third kappa shape index (κ3) is 1.83. The topological polar surface area (TPSA) is 38.5 Å². The molecule has 2 bridgehead atoms. The summed E-state index contributed by atoms with van der Waals surface area (Å²) in [6.07, 6.45) is 5.61. The second kappa shape index (κ2) is 3.94. The summed E-state index contributed by atoms with van der Waals surface area (Å²) >= 11 is 0. The predicted octanol–water partition coefficient (Wildman–Crippen LogP) is 1.61. The Morgan fingerprint density at radius 2 is 2.18 bits per heavy atom. The first-order chi connectivity index (χ1) is 8.06. The molecule has 17 heavy (non-hydrogen) atoms. The van der Waals surface area contributed by atoms with E-state index in [0.29, 0.717) is 5.54 Å². The molecule has 3 aliphatic rings. The molecule has 3 heteroatoms. The van der Waals surface area contributed by atoms with Crippen molar-refractivity contribution in [1.82, 2.24) is 4.90 Å². The molecule has 3 nitrogen and oxygen atoms in total. The van der Waals surface area contributed by atoms with Gasteiger partial charge in [-0.15, -0.1) is 0 Å². The first kappa shape index (κ1) is 11.9. The van der Waals surface area contributed by atoms with E-state index in [1.165, 1.54) is 25.7 Å². The van der Waals surface area contributed by atoms with E-state index < -0.39 is 0 Å². The number of hydrogen-bond acceptors (Lipinski definition) is 3. The smallest absolute Gasteiger partial charge is 0.0753 e. The quantitative estimate of drug-likeness (QED) is 0.794. The van der Waals surface area contributed by atoms with E-state index in [4.69, 9.17) is 10.5 Å². The van der Waals surface area contributed by atoms with Crippen molar-refractivity contribution in [3.05, 3.63) is 0 Å². The lowest BCUT2D eigenvalue weighted by Crippen LogP contribution is -2.63. The number of ether oxygens (including phenoxy) is 1. The Bertz CT molecular complexity index is 305. The van der Waals surface area contributed by atoms with Crippen molar-refractivity contribution in [3.8, 4) is 0 Å². The normalized spacial score (nSPS) is 45.4. The lowest BCUT2D eigenvalue weighted by atomic mass is 9.78. The van der Waals surface area contributed by atoms with Gasteiger partial charge in [0.15, 0.2) is 0 Å². The standard InChI is InChI=1S/C14H26N2O/c1-13(2)10-16(5-6-17-13)14(9-15)8-11-3-4-12(14)7-11/h11-12H,3-10,15H2,1-2H3. The molecule has 1 aliphatic heterocycles. The molecule has 1 heterocycles. The third-order valence-corrected chi connectivity index (χ3v) is 5.35. The van der Waals surface area contributed by atoms with Crippen LogP contribution in [0.2, 0.25) is 0 Å². The highest BCUT2D eigenvalue weighted by atomic mass is 16.5. The first-order valence-electron chi connectivity index (χ1n) is 7.15. The van der Waals surface area contributed by atoms with Crippen LogP contribution in [0.4, 0.5) is 0 Å². The maximum absolute atomic E-state index is 6.19. The zero-order valence-electron chi connectivity index (χ0n) is 11.2. The van der Waals surface area contributed by atoms with E-state index in [2.05, 4.69) is 18.7 Å². The Balaban J connectivity index is 1.81. The highest BCUT2D eigenvalue weighted by molar-refractivity contribution is 5.09. The molecule has 2 aliphatic carbocycles. The zero-order valence-corrected chi connectivity index (χ0v) is 11.2. The van der Waals surface area contributed by atoms with Crippen LogP contribution < -0.4 is 5.73 Å². The molecule has 0 aromatic rings. The van der Waals surface area contributed by atoms with Crippen molar-refractivity contribution in [2.24, 2.45) is 17.6 Å². The summed E-state index contributed by atoms with van der Waals surface area (Å²) in [5, 5.41) is 0. The molecule has 2 N–H and O–H groups in total. The summed E-state index contributed by atoms with van der Waals surface area (Å²) in [5.41, 5.74) is 6.50. The largest absolute Gasteiger partial charge is 0.373 e. The lowest BCUT2D eigenvalue weighted by molar-refractivity contribution is -0.125. The molecule has 0 aromatic heterocycles. The Hall–Kier alpha value is -0.120. The maximum atomic E-state index is 6.19. The second-order valence-corrected chi connectivity index (χ2v) is 6.92. The van der Waals surface area contributed by atoms with Gasteiger partial charge in [0.2, 0.25) is 0 Å². The van der Waals surface area contributed by atoms with Crippen LogP contribution in [0.1, 0.15) is 39.5 Å². The minimum atomic E-state index is 0.00224. The van der Waals surface area contributed by atoms with Crippen molar-refractivity contribution >= 4 is 0 Å². The van der Waals surface area contributed by atoms with Gasteiger partial charge in [-0.2, -0.15) is 0 Å². The molecule has 98 valence electrons. The van der Waals surface area contributed by atoms with Crippen LogP contribution in [0.3, 0.4) is 0 Å². The Morgan fingerprint density at radius 3 is 2.71 bits per heavy atom. The van der Waals surface area contributed by atoms with Crippen molar-refractivity contribution in [2.45, 2.75) is 50.7 Å². The minimum Gasteiger partial charge on any atom is -0.373 e. The van der Waals surface area contributed by atoms with Gasteiger partial charge in [0.25, 0.3) is 0 Å². The molecular weight excluding hydrogens is 212 g/mol. The van der Waals surface area contributed by atoms with E-state index in [1.807, 2.05) is 0 Å². The zero-order chi connectivity index (χ0) is 12.1. The monoisotopic (exact) mass is 238 g/mol. The predicted molar refractivity (Wildman–Crippen MR) is 68.8 cm³/mol. The van der Waals surface area contributed by atoms with E-state index >= 15 is 0 Å². The average molecular weight is 238 g/mol. The molecule has 1 saturated heterocycles. The van der Waals surface area contributed by atoms with Crippen LogP contribution in [0.15, 0.2) is 0 Å². The number of rotatable bonds is 2. The van der Waals surface area contributed by atoms with Gasteiger partial charge in [-0.25, -0.2) is 0 Å². The van der Waals surface area contributed by atoms with Gasteiger partial charge >= 0.3 is 0 Å². The highest BCUT2D eigenvalue weighted by Crippen LogP contribution is 2.53. The van der Waals surface area contributed by atoms with Crippen LogP contribution in [0.25, 0.3) is 0 Å². The maximum Gasteiger partial charge on any atom is 0.0753 e. The number of hydrogen-bond donors (Lipinski definition) is 1. The third-order valence-electron chi connectivity index (χ3n) is 5.35. The summed E-state index contributed by atoms with van der Waals surface area (Å²) in [6, 6.07) is 0. The van der Waals surface area contributed by atoms with Gasteiger partial charge in [0, 0.05) is 25.2 Å². The first-order valence-corrected chi connectivity index (χ1v) is 7.15. The fourth-order valence-corrected chi connectivity index (χ4v) is 4.58. The fourth-order valence-electron chi connectivity index (χ4n) is 4.58. The molecule has 0 aromatic carbocycles. The molecule has 2 saturated carbocycles. The lowest BCUT2D eigenvalue weighted by Gasteiger charge is -2.51. The number of morpholine rings is 1. The fraction of sp³-hybridized carbons (Fsp3) is 1.00. The number of nitrogens with two attached hydrogens (primary N) is 1. The molecular formula is C14H26N2O. The summed E-state index contributed by atoms with van der Waals surface area (Å²) in [7, 11) is 0. The van der Waals surface area contributed by atoms with Gasteiger partial charge in [0.1, 0.15) is 0 Å². The minimum absolute atomic E-state index is 0.00224. The number of fused-ring (bicyclic) bond motifs is 2. The van der Waals surface area contributed by atoms with Crippen molar-refractivity contribution in [2.75, 3.05) is 26.2 Å². The van der Waals surface area contributed by atoms with Crippen LogP contribution in [-0.2, 0) is 4.74 Å². The molecule has 0 radical (unpaired) electrons. The molecule has 3 unspecified atom stereocenters. The van der Waals surface area contributed by atoms with Crippen molar-refractivity contribution < 1.29 is 4.74 Å². The van der Waals surface area contributed by atoms with Gasteiger partial charge in [-0.05, 0) is 44.9 Å². The Kier molecular flexibility index (Phi) is 2.77. The van der Waals surface area contributed by atoms with Gasteiger partial charge < -0.3 is 10.5 Å². The van der Waals surface area contributed by atoms with Crippen molar-refractivity contribution in [3.63, 3.8) is 0 Å². The summed E-state index contributed by atoms with van der Waals surface area (Å²) in [4.78, 5) is 2.67.